The van der Waals surface area contributed by atoms with Crippen molar-refractivity contribution in [3.8, 4) is 0 Å². The SMILES string of the molecule is CNC1CCC(N(C)C(=O)c2cccn2C2CC2)CC1. The number of amides is 1. The maximum atomic E-state index is 12.7. The fourth-order valence-corrected chi connectivity index (χ4v) is 3.34. The summed E-state index contributed by atoms with van der Waals surface area (Å²) in [6, 6.07) is 5.56. The van der Waals surface area contributed by atoms with E-state index >= 15 is 0 Å². The maximum absolute atomic E-state index is 12.7. The van der Waals surface area contributed by atoms with Crippen LogP contribution in [0.3, 0.4) is 0 Å². The van der Waals surface area contributed by atoms with Crippen molar-refractivity contribution in [3.05, 3.63) is 24.0 Å². The van der Waals surface area contributed by atoms with Gasteiger partial charge in [0.25, 0.3) is 5.91 Å². The van der Waals surface area contributed by atoms with Crippen LogP contribution >= 0.6 is 0 Å². The Balaban J connectivity index is 1.66. The molecule has 4 nitrogen and oxygen atoms in total. The third-order valence-electron chi connectivity index (χ3n) is 4.91. The van der Waals surface area contributed by atoms with Gasteiger partial charge < -0.3 is 14.8 Å². The van der Waals surface area contributed by atoms with Crippen LogP contribution in [-0.2, 0) is 0 Å². The molecule has 20 heavy (non-hydrogen) atoms. The quantitative estimate of drug-likeness (QED) is 0.916. The minimum atomic E-state index is 0.190. The molecule has 2 fully saturated rings. The van der Waals surface area contributed by atoms with Crippen LogP contribution in [0.1, 0.15) is 55.1 Å². The van der Waals surface area contributed by atoms with Crippen LogP contribution < -0.4 is 5.32 Å². The number of nitrogens with one attached hydrogen (secondary N) is 1. The lowest BCUT2D eigenvalue weighted by atomic mass is 9.90. The second-order valence-electron chi connectivity index (χ2n) is 6.24. The van der Waals surface area contributed by atoms with Crippen molar-refractivity contribution in [1.82, 2.24) is 14.8 Å². The molecule has 3 rings (SSSR count). The molecular formula is C16H25N3O. The van der Waals surface area contributed by atoms with Gasteiger partial charge in [0, 0.05) is 31.4 Å². The zero-order valence-corrected chi connectivity index (χ0v) is 12.5. The standard InChI is InChI=1S/C16H25N3O/c1-17-12-5-7-13(8-6-12)18(2)16(20)15-4-3-11-19(15)14-9-10-14/h3-4,11-14,17H,5-10H2,1-2H3. The van der Waals surface area contributed by atoms with Crippen molar-refractivity contribution in [3.63, 3.8) is 0 Å². The predicted molar refractivity (Wildman–Crippen MR) is 79.9 cm³/mol. The smallest absolute Gasteiger partial charge is 0.270 e. The van der Waals surface area contributed by atoms with E-state index in [2.05, 4.69) is 16.1 Å². The molecule has 0 aromatic carbocycles. The molecular weight excluding hydrogens is 250 g/mol. The third kappa shape index (κ3) is 2.62. The molecule has 1 aromatic heterocycles. The van der Waals surface area contributed by atoms with Gasteiger partial charge in [-0.05, 0) is 57.7 Å². The molecule has 0 spiro atoms. The Kier molecular flexibility index (Phi) is 3.83. The van der Waals surface area contributed by atoms with Crippen molar-refractivity contribution in [2.24, 2.45) is 0 Å². The highest BCUT2D eigenvalue weighted by molar-refractivity contribution is 5.93. The molecule has 2 saturated carbocycles. The molecule has 0 unspecified atom stereocenters. The summed E-state index contributed by atoms with van der Waals surface area (Å²) < 4.78 is 2.16. The van der Waals surface area contributed by atoms with Crippen LogP contribution in [0.25, 0.3) is 0 Å². The first-order valence-electron chi connectivity index (χ1n) is 7.82. The molecule has 4 heteroatoms. The topological polar surface area (TPSA) is 37.3 Å². The highest BCUT2D eigenvalue weighted by atomic mass is 16.2. The maximum Gasteiger partial charge on any atom is 0.270 e. The Morgan fingerprint density at radius 3 is 2.55 bits per heavy atom. The average molecular weight is 275 g/mol. The first-order chi connectivity index (χ1) is 9.70. The van der Waals surface area contributed by atoms with Gasteiger partial charge in [-0.1, -0.05) is 0 Å². The highest BCUT2D eigenvalue weighted by Crippen LogP contribution is 2.36. The first-order valence-corrected chi connectivity index (χ1v) is 7.82. The first kappa shape index (κ1) is 13.7. The summed E-state index contributed by atoms with van der Waals surface area (Å²) in [4.78, 5) is 14.7. The van der Waals surface area contributed by atoms with Crippen LogP contribution in [0.2, 0.25) is 0 Å². The normalized spacial score (nSPS) is 26.5. The fraction of sp³-hybridized carbons (Fsp3) is 0.688. The number of aromatic nitrogens is 1. The number of carbonyl (C=O) groups excluding carboxylic acids is 1. The second-order valence-corrected chi connectivity index (χ2v) is 6.24. The van der Waals surface area contributed by atoms with E-state index in [9.17, 15) is 4.79 Å². The summed E-state index contributed by atoms with van der Waals surface area (Å²) in [7, 11) is 4.00. The Bertz CT molecular complexity index is 470. The molecule has 1 heterocycles. The van der Waals surface area contributed by atoms with Crippen LogP contribution in [0.15, 0.2) is 18.3 Å². The van der Waals surface area contributed by atoms with Crippen LogP contribution in [0, 0.1) is 0 Å². The van der Waals surface area contributed by atoms with Crippen LogP contribution in [0.5, 0.6) is 0 Å². The minimum absolute atomic E-state index is 0.190. The van der Waals surface area contributed by atoms with Gasteiger partial charge >= 0.3 is 0 Å². The second kappa shape index (κ2) is 5.60. The Hall–Kier alpha value is -1.29. The number of hydrogen-bond acceptors (Lipinski definition) is 2. The van der Waals surface area contributed by atoms with E-state index in [0.717, 1.165) is 18.5 Å². The number of rotatable bonds is 4. The molecule has 0 atom stereocenters. The van der Waals surface area contributed by atoms with Crippen LogP contribution in [-0.4, -0.2) is 41.6 Å². The van der Waals surface area contributed by atoms with E-state index in [4.69, 9.17) is 0 Å². The van der Waals surface area contributed by atoms with Crippen LogP contribution in [0.4, 0.5) is 0 Å². The Morgan fingerprint density at radius 1 is 1.25 bits per heavy atom. The lowest BCUT2D eigenvalue weighted by Crippen LogP contribution is -2.43. The van der Waals surface area contributed by atoms with Gasteiger partial charge in [-0.3, -0.25) is 4.79 Å². The molecule has 110 valence electrons. The monoisotopic (exact) mass is 275 g/mol. The van der Waals surface area contributed by atoms with E-state index in [1.165, 1.54) is 25.7 Å². The van der Waals surface area contributed by atoms with Gasteiger partial charge in [-0.25, -0.2) is 0 Å². The van der Waals surface area contributed by atoms with Gasteiger partial charge in [-0.15, -0.1) is 0 Å². The van der Waals surface area contributed by atoms with E-state index in [-0.39, 0.29) is 5.91 Å². The number of hydrogen-bond donors (Lipinski definition) is 1. The van der Waals surface area contributed by atoms with E-state index in [0.29, 0.717) is 18.1 Å². The summed E-state index contributed by atoms with van der Waals surface area (Å²) >= 11 is 0. The highest BCUT2D eigenvalue weighted by Gasteiger charge is 2.31. The van der Waals surface area contributed by atoms with Crippen molar-refractivity contribution in [2.75, 3.05) is 14.1 Å². The molecule has 1 N–H and O–H groups in total. The van der Waals surface area contributed by atoms with Crippen molar-refractivity contribution in [1.29, 1.82) is 0 Å². The molecule has 0 aliphatic heterocycles. The summed E-state index contributed by atoms with van der Waals surface area (Å²) in [6.45, 7) is 0. The lowest BCUT2D eigenvalue weighted by molar-refractivity contribution is 0.0674. The predicted octanol–water partition coefficient (Wildman–Crippen LogP) is 2.43. The fourth-order valence-electron chi connectivity index (χ4n) is 3.34. The van der Waals surface area contributed by atoms with Gasteiger partial charge in [-0.2, -0.15) is 0 Å². The largest absolute Gasteiger partial charge is 0.340 e. The average Bonchev–Trinajstić information content (AvgIpc) is 3.23. The summed E-state index contributed by atoms with van der Waals surface area (Å²) in [5.41, 5.74) is 0.866. The molecule has 2 aliphatic rings. The molecule has 2 aliphatic carbocycles. The number of carbonyl (C=O) groups is 1. The zero-order chi connectivity index (χ0) is 14.1. The zero-order valence-electron chi connectivity index (χ0n) is 12.5. The van der Waals surface area contributed by atoms with Gasteiger partial charge in [0.05, 0.1) is 0 Å². The summed E-state index contributed by atoms with van der Waals surface area (Å²) in [5, 5.41) is 3.34. The molecule has 0 bridgehead atoms. The Morgan fingerprint density at radius 2 is 1.95 bits per heavy atom. The minimum Gasteiger partial charge on any atom is -0.340 e. The lowest BCUT2D eigenvalue weighted by Gasteiger charge is -2.34. The van der Waals surface area contributed by atoms with E-state index in [1.54, 1.807) is 0 Å². The van der Waals surface area contributed by atoms with Gasteiger partial charge in [0.15, 0.2) is 0 Å². The van der Waals surface area contributed by atoms with E-state index in [1.807, 2.05) is 31.1 Å². The Labute approximate surface area is 121 Å². The molecule has 0 saturated heterocycles. The van der Waals surface area contributed by atoms with Crippen molar-refractivity contribution >= 4 is 5.91 Å². The van der Waals surface area contributed by atoms with Crippen molar-refractivity contribution in [2.45, 2.75) is 56.7 Å². The summed E-state index contributed by atoms with van der Waals surface area (Å²) in [6.07, 6.45) is 9.04. The third-order valence-corrected chi connectivity index (χ3v) is 4.91. The number of nitrogens with zero attached hydrogens (tertiary/aromatic N) is 2. The van der Waals surface area contributed by atoms with Crippen molar-refractivity contribution < 1.29 is 4.79 Å². The molecule has 1 aromatic rings. The van der Waals surface area contributed by atoms with Gasteiger partial charge in [0.2, 0.25) is 0 Å². The summed E-state index contributed by atoms with van der Waals surface area (Å²) in [5.74, 6) is 0.190. The molecule has 0 radical (unpaired) electrons. The van der Waals surface area contributed by atoms with E-state index < -0.39 is 0 Å². The molecule has 1 amide bonds. The van der Waals surface area contributed by atoms with Gasteiger partial charge in [0.1, 0.15) is 5.69 Å².